The molecule has 0 saturated heterocycles. The summed E-state index contributed by atoms with van der Waals surface area (Å²) >= 11 is 0. The van der Waals surface area contributed by atoms with Crippen LogP contribution in [0, 0.1) is 5.82 Å². The number of H-pyrrole nitrogens is 2. The minimum absolute atomic E-state index is 0.162. The van der Waals surface area contributed by atoms with Crippen LogP contribution in [0.5, 0.6) is 0 Å². The number of nitrogens with zero attached hydrogens (tertiary/aromatic N) is 1. The first kappa shape index (κ1) is 17.6. The fraction of sp³-hybridized carbons (Fsp3) is 0.0500. The van der Waals surface area contributed by atoms with Gasteiger partial charge < -0.3 is 15.8 Å². The van der Waals surface area contributed by atoms with Crippen molar-refractivity contribution in [3.63, 3.8) is 0 Å². The van der Waals surface area contributed by atoms with E-state index in [9.17, 15) is 14.7 Å². The van der Waals surface area contributed by atoms with Crippen LogP contribution in [-0.4, -0.2) is 26.0 Å². The molecule has 5 N–H and O–H groups in total. The maximum atomic E-state index is 15.0. The Balaban J connectivity index is 1.88. The SMILES string of the molecule is NC(=O)C(O)(c1ccccc1)c1ccc(-c2ccnc3[nH]c(=O)[nH]c23)cc1F. The Hall–Kier alpha value is -3.78. The lowest BCUT2D eigenvalue weighted by Crippen LogP contribution is -2.42. The number of hydrogen-bond acceptors (Lipinski definition) is 4. The highest BCUT2D eigenvalue weighted by Crippen LogP contribution is 2.34. The number of rotatable bonds is 4. The summed E-state index contributed by atoms with van der Waals surface area (Å²) in [5.41, 5.74) is 4.31. The van der Waals surface area contributed by atoms with Gasteiger partial charge in [0.05, 0.1) is 5.52 Å². The highest BCUT2D eigenvalue weighted by Gasteiger charge is 2.40. The van der Waals surface area contributed by atoms with Crippen molar-refractivity contribution in [2.24, 2.45) is 5.73 Å². The van der Waals surface area contributed by atoms with Crippen molar-refractivity contribution in [3.05, 3.63) is 88.2 Å². The minimum atomic E-state index is -2.32. The number of nitrogens with two attached hydrogens (primary N) is 1. The second-order valence-electron chi connectivity index (χ2n) is 6.30. The van der Waals surface area contributed by atoms with Crippen molar-refractivity contribution >= 4 is 17.1 Å². The van der Waals surface area contributed by atoms with E-state index < -0.39 is 23.0 Å². The summed E-state index contributed by atoms with van der Waals surface area (Å²) in [6, 6.07) is 13.6. The van der Waals surface area contributed by atoms with E-state index in [1.165, 1.54) is 36.5 Å². The fourth-order valence-corrected chi connectivity index (χ4v) is 3.26. The molecule has 1 atom stereocenters. The lowest BCUT2D eigenvalue weighted by Gasteiger charge is -2.26. The third-order valence-electron chi connectivity index (χ3n) is 4.64. The number of fused-ring (bicyclic) bond motifs is 1. The molecule has 2 aromatic heterocycles. The van der Waals surface area contributed by atoms with Gasteiger partial charge in [-0.3, -0.25) is 9.78 Å². The number of imidazole rings is 1. The number of carbonyl (C=O) groups is 1. The molecule has 0 bridgehead atoms. The van der Waals surface area contributed by atoms with E-state index in [2.05, 4.69) is 15.0 Å². The monoisotopic (exact) mass is 378 g/mol. The molecule has 1 unspecified atom stereocenters. The number of benzene rings is 2. The second-order valence-corrected chi connectivity index (χ2v) is 6.30. The Kier molecular flexibility index (Phi) is 4.05. The first-order valence-corrected chi connectivity index (χ1v) is 8.36. The molecule has 0 aliphatic rings. The Morgan fingerprint density at radius 2 is 1.86 bits per heavy atom. The van der Waals surface area contributed by atoms with Gasteiger partial charge in [-0.1, -0.05) is 42.5 Å². The summed E-state index contributed by atoms with van der Waals surface area (Å²) in [7, 11) is 0. The first-order chi connectivity index (χ1) is 13.4. The van der Waals surface area contributed by atoms with E-state index in [-0.39, 0.29) is 11.1 Å². The normalized spacial score (nSPS) is 13.4. The average molecular weight is 378 g/mol. The summed E-state index contributed by atoms with van der Waals surface area (Å²) in [6.07, 6.45) is 1.48. The Morgan fingerprint density at radius 3 is 2.54 bits per heavy atom. The van der Waals surface area contributed by atoms with Crippen LogP contribution in [0.25, 0.3) is 22.3 Å². The largest absolute Gasteiger partial charge is 0.372 e. The molecular formula is C20H15FN4O3. The number of nitrogens with one attached hydrogen (secondary N) is 2. The number of pyridine rings is 1. The average Bonchev–Trinajstić information content (AvgIpc) is 3.08. The highest BCUT2D eigenvalue weighted by atomic mass is 19.1. The molecule has 4 aromatic rings. The third kappa shape index (κ3) is 2.67. The third-order valence-corrected chi connectivity index (χ3v) is 4.64. The van der Waals surface area contributed by atoms with Crippen molar-refractivity contribution in [1.82, 2.24) is 15.0 Å². The highest BCUT2D eigenvalue weighted by molar-refractivity contribution is 5.91. The lowest BCUT2D eigenvalue weighted by molar-refractivity contribution is -0.133. The molecule has 8 heteroatoms. The van der Waals surface area contributed by atoms with Crippen molar-refractivity contribution in [1.29, 1.82) is 0 Å². The molecule has 0 fully saturated rings. The predicted octanol–water partition coefficient (Wildman–Crippen LogP) is 1.78. The zero-order valence-electron chi connectivity index (χ0n) is 14.4. The maximum Gasteiger partial charge on any atom is 0.325 e. The van der Waals surface area contributed by atoms with Gasteiger partial charge in [0, 0.05) is 17.3 Å². The van der Waals surface area contributed by atoms with E-state index in [4.69, 9.17) is 5.73 Å². The number of carbonyl (C=O) groups excluding carboxylic acids is 1. The van der Waals surface area contributed by atoms with Crippen molar-refractivity contribution in [2.45, 2.75) is 5.60 Å². The van der Waals surface area contributed by atoms with Gasteiger partial charge in [-0.05, 0) is 23.3 Å². The predicted molar refractivity (Wildman–Crippen MR) is 101 cm³/mol. The molecule has 1 amide bonds. The molecule has 0 saturated carbocycles. The van der Waals surface area contributed by atoms with E-state index >= 15 is 4.39 Å². The molecule has 0 aliphatic heterocycles. The summed E-state index contributed by atoms with van der Waals surface area (Å²) < 4.78 is 15.0. The van der Waals surface area contributed by atoms with Gasteiger partial charge in [0.15, 0.2) is 11.2 Å². The van der Waals surface area contributed by atoms with Crippen LogP contribution >= 0.6 is 0 Å². The smallest absolute Gasteiger partial charge is 0.325 e. The summed E-state index contributed by atoms with van der Waals surface area (Å²) in [5, 5.41) is 11.0. The second kappa shape index (κ2) is 6.43. The first-order valence-electron chi connectivity index (χ1n) is 8.36. The fourth-order valence-electron chi connectivity index (χ4n) is 3.26. The van der Waals surface area contributed by atoms with Gasteiger partial charge in [-0.15, -0.1) is 0 Å². The van der Waals surface area contributed by atoms with Gasteiger partial charge in [-0.2, -0.15) is 0 Å². The van der Waals surface area contributed by atoms with Crippen molar-refractivity contribution in [2.75, 3.05) is 0 Å². The van der Waals surface area contributed by atoms with Crippen LogP contribution in [0.2, 0.25) is 0 Å². The quantitative estimate of drug-likeness (QED) is 0.432. The number of halogens is 1. The van der Waals surface area contributed by atoms with Gasteiger partial charge in [0.2, 0.25) is 0 Å². The van der Waals surface area contributed by atoms with Gasteiger partial charge in [0.25, 0.3) is 5.91 Å². The van der Waals surface area contributed by atoms with Crippen molar-refractivity contribution in [3.8, 4) is 11.1 Å². The topological polar surface area (TPSA) is 125 Å². The Bertz CT molecular complexity index is 1250. The zero-order valence-corrected chi connectivity index (χ0v) is 14.4. The zero-order chi connectivity index (χ0) is 19.9. The van der Waals surface area contributed by atoms with Gasteiger partial charge in [0.1, 0.15) is 5.82 Å². The number of primary amides is 1. The number of aromatic amines is 2. The minimum Gasteiger partial charge on any atom is -0.372 e. The van der Waals surface area contributed by atoms with Crippen LogP contribution in [0.3, 0.4) is 0 Å². The van der Waals surface area contributed by atoms with Crippen LogP contribution < -0.4 is 11.4 Å². The van der Waals surface area contributed by atoms with Gasteiger partial charge in [-0.25, -0.2) is 14.2 Å². The molecule has 0 radical (unpaired) electrons. The summed E-state index contributed by atoms with van der Waals surface area (Å²) in [4.78, 5) is 32.8. The molecule has 140 valence electrons. The number of aromatic nitrogens is 3. The number of hydrogen-bond donors (Lipinski definition) is 4. The summed E-state index contributed by atoms with van der Waals surface area (Å²) in [6.45, 7) is 0. The molecule has 2 aromatic carbocycles. The Labute approximate surface area is 157 Å². The molecule has 28 heavy (non-hydrogen) atoms. The molecule has 7 nitrogen and oxygen atoms in total. The maximum absolute atomic E-state index is 15.0. The van der Waals surface area contributed by atoms with E-state index in [1.54, 1.807) is 24.3 Å². The molecule has 0 aliphatic carbocycles. The molecule has 4 rings (SSSR count). The van der Waals surface area contributed by atoms with E-state index in [1.807, 2.05) is 0 Å². The van der Waals surface area contributed by atoms with Crippen LogP contribution in [0.15, 0.2) is 65.6 Å². The van der Waals surface area contributed by atoms with Crippen LogP contribution in [-0.2, 0) is 10.4 Å². The lowest BCUT2D eigenvalue weighted by atomic mass is 9.84. The van der Waals surface area contributed by atoms with E-state index in [0.717, 1.165) is 0 Å². The summed E-state index contributed by atoms with van der Waals surface area (Å²) in [5.74, 6) is -1.91. The molecule has 2 heterocycles. The molecule has 0 spiro atoms. The molecular weight excluding hydrogens is 363 g/mol. The van der Waals surface area contributed by atoms with E-state index in [0.29, 0.717) is 22.3 Å². The van der Waals surface area contributed by atoms with Gasteiger partial charge >= 0.3 is 5.69 Å². The number of aliphatic hydroxyl groups is 1. The number of amides is 1. The van der Waals surface area contributed by atoms with Crippen LogP contribution in [0.1, 0.15) is 11.1 Å². The Morgan fingerprint density at radius 1 is 1.11 bits per heavy atom. The van der Waals surface area contributed by atoms with Crippen molar-refractivity contribution < 1.29 is 14.3 Å². The van der Waals surface area contributed by atoms with Crippen LogP contribution in [0.4, 0.5) is 4.39 Å². The standard InChI is InChI=1S/C20H15FN4O3/c21-15-10-11(13-8-9-23-17-16(13)24-19(27)25-17)6-7-14(15)20(28,18(22)26)12-4-2-1-3-5-12/h1-10,28H,(H2,22,26)(H2,23,24,25,27).